The summed E-state index contributed by atoms with van der Waals surface area (Å²) in [5, 5.41) is -0.492. The number of hydrogen-bond acceptors (Lipinski definition) is 3. The largest absolute Gasteiger partial charge is 0.416 e. The standard InChI is InChI=1S/C18H15ClF3NO2/c1-12(13-7-4-8-16(9-13)18(20,21)22)23-25-11-15-6-3-2-5-14(15)10-17(19)24/h2-9,23H,1,10-11H2. The highest BCUT2D eigenvalue weighted by Gasteiger charge is 2.30. The fourth-order valence-corrected chi connectivity index (χ4v) is 2.31. The van der Waals surface area contributed by atoms with Gasteiger partial charge >= 0.3 is 6.18 Å². The zero-order valence-corrected chi connectivity index (χ0v) is 13.8. The lowest BCUT2D eigenvalue weighted by atomic mass is 10.1. The third kappa shape index (κ3) is 5.62. The molecule has 0 saturated carbocycles. The third-order valence-electron chi connectivity index (χ3n) is 3.41. The maximum Gasteiger partial charge on any atom is 0.416 e. The molecule has 1 N–H and O–H groups in total. The Bertz CT molecular complexity index is 775. The van der Waals surface area contributed by atoms with Gasteiger partial charge in [0.05, 0.1) is 17.9 Å². The van der Waals surface area contributed by atoms with Crippen LogP contribution in [0.3, 0.4) is 0 Å². The molecular formula is C18H15ClF3NO2. The minimum Gasteiger partial charge on any atom is -0.281 e. The summed E-state index contributed by atoms with van der Waals surface area (Å²) < 4.78 is 38.2. The molecule has 0 aliphatic carbocycles. The van der Waals surface area contributed by atoms with E-state index in [1.54, 1.807) is 24.3 Å². The van der Waals surface area contributed by atoms with Crippen LogP contribution < -0.4 is 5.48 Å². The second-order valence-electron chi connectivity index (χ2n) is 5.25. The first-order chi connectivity index (χ1) is 11.8. The number of carbonyl (C=O) groups excluding carboxylic acids is 1. The van der Waals surface area contributed by atoms with Gasteiger partial charge in [-0.3, -0.25) is 15.1 Å². The number of halogens is 4. The van der Waals surface area contributed by atoms with E-state index < -0.39 is 17.0 Å². The van der Waals surface area contributed by atoms with Crippen LogP contribution in [0.25, 0.3) is 5.70 Å². The van der Waals surface area contributed by atoms with Crippen molar-refractivity contribution in [3.05, 3.63) is 77.4 Å². The molecule has 0 aromatic heterocycles. The SMILES string of the molecule is C=C(NOCc1ccccc1CC(=O)Cl)c1cccc(C(F)(F)F)c1. The van der Waals surface area contributed by atoms with Gasteiger partial charge in [-0.15, -0.1) is 0 Å². The van der Waals surface area contributed by atoms with E-state index in [1.807, 2.05) is 0 Å². The Balaban J connectivity index is 1.99. The van der Waals surface area contributed by atoms with E-state index in [1.165, 1.54) is 12.1 Å². The molecule has 25 heavy (non-hydrogen) atoms. The van der Waals surface area contributed by atoms with Crippen molar-refractivity contribution in [2.24, 2.45) is 0 Å². The van der Waals surface area contributed by atoms with Gasteiger partial charge in [0, 0.05) is 6.42 Å². The Morgan fingerprint density at radius 3 is 2.44 bits per heavy atom. The van der Waals surface area contributed by atoms with Crippen molar-refractivity contribution in [3.8, 4) is 0 Å². The molecule has 0 atom stereocenters. The lowest BCUT2D eigenvalue weighted by molar-refractivity contribution is -0.137. The smallest absolute Gasteiger partial charge is 0.281 e. The number of alkyl halides is 3. The molecule has 0 radical (unpaired) electrons. The molecule has 0 unspecified atom stereocenters. The second kappa shape index (κ2) is 8.18. The van der Waals surface area contributed by atoms with Crippen LogP contribution in [0, 0.1) is 0 Å². The van der Waals surface area contributed by atoms with Gasteiger partial charge in [-0.1, -0.05) is 43.0 Å². The quantitative estimate of drug-likeness (QED) is 0.567. The summed E-state index contributed by atoms with van der Waals surface area (Å²) in [7, 11) is 0. The first-order valence-electron chi connectivity index (χ1n) is 7.27. The van der Waals surface area contributed by atoms with E-state index in [-0.39, 0.29) is 24.3 Å². The van der Waals surface area contributed by atoms with Crippen molar-refractivity contribution in [2.45, 2.75) is 19.2 Å². The predicted octanol–water partition coefficient (Wildman–Crippen LogP) is 4.71. The van der Waals surface area contributed by atoms with Crippen molar-refractivity contribution < 1.29 is 22.8 Å². The monoisotopic (exact) mass is 369 g/mol. The molecule has 0 spiro atoms. The molecular weight excluding hydrogens is 355 g/mol. The highest BCUT2D eigenvalue weighted by molar-refractivity contribution is 6.63. The fraction of sp³-hybridized carbons (Fsp3) is 0.167. The summed E-state index contributed by atoms with van der Waals surface area (Å²) in [5.74, 6) is 0. The van der Waals surface area contributed by atoms with E-state index in [4.69, 9.17) is 16.4 Å². The molecule has 0 heterocycles. The van der Waals surface area contributed by atoms with Crippen molar-refractivity contribution in [1.82, 2.24) is 5.48 Å². The molecule has 2 aromatic rings. The summed E-state index contributed by atoms with van der Waals surface area (Å²) in [6.45, 7) is 3.77. The maximum absolute atomic E-state index is 12.7. The van der Waals surface area contributed by atoms with Gasteiger partial charge in [0.25, 0.3) is 0 Å². The van der Waals surface area contributed by atoms with Gasteiger partial charge in [-0.25, -0.2) is 0 Å². The molecule has 0 aliphatic rings. The van der Waals surface area contributed by atoms with E-state index >= 15 is 0 Å². The van der Waals surface area contributed by atoms with Crippen LogP contribution in [0.1, 0.15) is 22.3 Å². The van der Waals surface area contributed by atoms with Crippen LogP contribution in [-0.4, -0.2) is 5.24 Å². The number of rotatable bonds is 7. The van der Waals surface area contributed by atoms with Crippen LogP contribution >= 0.6 is 11.6 Å². The van der Waals surface area contributed by atoms with Gasteiger partial charge in [-0.05, 0) is 40.4 Å². The van der Waals surface area contributed by atoms with Gasteiger partial charge in [0.1, 0.15) is 0 Å². The number of hydroxylamine groups is 1. The Hall–Kier alpha value is -2.31. The molecule has 0 fully saturated rings. The van der Waals surface area contributed by atoms with Crippen molar-refractivity contribution in [3.63, 3.8) is 0 Å². The van der Waals surface area contributed by atoms with Crippen LogP contribution in [0.15, 0.2) is 55.1 Å². The van der Waals surface area contributed by atoms with E-state index in [9.17, 15) is 18.0 Å². The average Bonchev–Trinajstić information content (AvgIpc) is 2.55. The highest BCUT2D eigenvalue weighted by atomic mass is 35.5. The fourth-order valence-electron chi connectivity index (χ4n) is 2.16. The Morgan fingerprint density at radius 2 is 1.80 bits per heavy atom. The van der Waals surface area contributed by atoms with Crippen LogP contribution in [-0.2, 0) is 28.8 Å². The molecule has 132 valence electrons. The van der Waals surface area contributed by atoms with Gasteiger partial charge < -0.3 is 0 Å². The Kier molecular flexibility index (Phi) is 6.22. The van der Waals surface area contributed by atoms with Crippen molar-refractivity contribution in [2.75, 3.05) is 0 Å². The number of nitrogens with one attached hydrogen (secondary N) is 1. The number of benzene rings is 2. The lowest BCUT2D eigenvalue weighted by Crippen LogP contribution is -2.14. The first kappa shape index (κ1) is 19.0. The van der Waals surface area contributed by atoms with E-state index in [2.05, 4.69) is 12.1 Å². The van der Waals surface area contributed by atoms with Crippen molar-refractivity contribution >= 4 is 22.5 Å². The van der Waals surface area contributed by atoms with Crippen LogP contribution in [0.5, 0.6) is 0 Å². The highest BCUT2D eigenvalue weighted by Crippen LogP contribution is 2.30. The summed E-state index contributed by atoms with van der Waals surface area (Å²) in [5.41, 5.74) is 3.67. The maximum atomic E-state index is 12.7. The molecule has 0 amide bonds. The topological polar surface area (TPSA) is 38.3 Å². The summed E-state index contributed by atoms with van der Waals surface area (Å²) >= 11 is 5.40. The zero-order valence-electron chi connectivity index (χ0n) is 13.1. The number of hydrogen-bond donors (Lipinski definition) is 1. The van der Waals surface area contributed by atoms with Crippen LogP contribution in [0.4, 0.5) is 13.2 Å². The van der Waals surface area contributed by atoms with Crippen LogP contribution in [0.2, 0.25) is 0 Å². The minimum absolute atomic E-state index is 0.0651. The second-order valence-corrected chi connectivity index (χ2v) is 5.67. The van der Waals surface area contributed by atoms with Gasteiger partial charge in [-0.2, -0.15) is 13.2 Å². The zero-order chi connectivity index (χ0) is 18.4. The third-order valence-corrected chi connectivity index (χ3v) is 3.54. The van der Waals surface area contributed by atoms with E-state index in [0.29, 0.717) is 5.56 Å². The summed E-state index contributed by atoms with van der Waals surface area (Å²) in [6.07, 6.45) is -4.36. The predicted molar refractivity (Wildman–Crippen MR) is 89.4 cm³/mol. The molecule has 0 bridgehead atoms. The molecule has 2 rings (SSSR count). The summed E-state index contributed by atoms with van der Waals surface area (Å²) in [6, 6.07) is 11.8. The number of carbonyl (C=O) groups is 1. The molecule has 7 heteroatoms. The Morgan fingerprint density at radius 1 is 1.12 bits per heavy atom. The first-order valence-corrected chi connectivity index (χ1v) is 7.64. The van der Waals surface area contributed by atoms with Gasteiger partial charge in [0.15, 0.2) is 0 Å². The molecule has 2 aromatic carbocycles. The van der Waals surface area contributed by atoms with E-state index in [0.717, 1.165) is 17.7 Å². The normalized spacial score (nSPS) is 11.2. The molecule has 0 aliphatic heterocycles. The minimum atomic E-state index is -4.43. The Labute approximate surface area is 148 Å². The lowest BCUT2D eigenvalue weighted by Gasteiger charge is -2.13. The average molecular weight is 370 g/mol. The van der Waals surface area contributed by atoms with Gasteiger partial charge in [0.2, 0.25) is 5.24 Å². The molecule has 3 nitrogen and oxygen atoms in total. The summed E-state index contributed by atoms with van der Waals surface area (Å²) in [4.78, 5) is 16.3. The molecule has 0 saturated heterocycles. The van der Waals surface area contributed by atoms with Crippen molar-refractivity contribution in [1.29, 1.82) is 0 Å².